The van der Waals surface area contributed by atoms with Gasteiger partial charge in [0, 0.05) is 30.4 Å². The van der Waals surface area contributed by atoms with Gasteiger partial charge in [0.2, 0.25) is 5.91 Å². The van der Waals surface area contributed by atoms with E-state index in [-0.39, 0.29) is 11.8 Å². The Hall–Kier alpha value is -1.69. The molecule has 0 bridgehead atoms. The molecule has 0 spiro atoms. The van der Waals surface area contributed by atoms with Crippen molar-refractivity contribution in [2.75, 3.05) is 30.4 Å². The number of anilines is 1. The van der Waals surface area contributed by atoms with Crippen molar-refractivity contribution in [3.63, 3.8) is 0 Å². The average molecular weight is 351 g/mol. The van der Waals surface area contributed by atoms with E-state index in [1.54, 1.807) is 11.8 Å². The van der Waals surface area contributed by atoms with Gasteiger partial charge in [-0.3, -0.25) is 4.79 Å². The minimum atomic E-state index is 0.0210. The number of benzene rings is 1. The van der Waals surface area contributed by atoms with Crippen molar-refractivity contribution in [2.45, 2.75) is 33.7 Å². The second kappa shape index (κ2) is 11.8. The highest BCUT2D eigenvalue weighted by Gasteiger charge is 2.10. The molecule has 0 radical (unpaired) electrons. The predicted octanol–water partition coefficient (Wildman–Crippen LogP) is 3.09. The van der Waals surface area contributed by atoms with E-state index in [1.807, 2.05) is 38.1 Å². The number of carbonyl (C=O) groups is 1. The van der Waals surface area contributed by atoms with Crippen LogP contribution in [0.5, 0.6) is 0 Å². The SMILES string of the molecule is CCNC(=NCc1cccc(NC(=O)C(C)CC)c1)NCCSC. The molecule has 24 heavy (non-hydrogen) atoms. The number of hydrogen-bond donors (Lipinski definition) is 3. The summed E-state index contributed by atoms with van der Waals surface area (Å²) in [5, 5.41) is 9.52. The zero-order valence-electron chi connectivity index (χ0n) is 15.2. The number of rotatable bonds is 9. The molecule has 1 aromatic carbocycles. The second-order valence-electron chi connectivity index (χ2n) is 5.61. The third-order valence-electron chi connectivity index (χ3n) is 3.62. The number of aliphatic imine (C=N–C) groups is 1. The Labute approximate surface area is 150 Å². The molecule has 0 fully saturated rings. The lowest BCUT2D eigenvalue weighted by Crippen LogP contribution is -2.38. The number of carbonyl (C=O) groups excluding carboxylic acids is 1. The molecule has 0 saturated carbocycles. The van der Waals surface area contributed by atoms with E-state index >= 15 is 0 Å². The maximum absolute atomic E-state index is 12.0. The molecule has 1 rings (SSSR count). The molecule has 5 nitrogen and oxygen atoms in total. The van der Waals surface area contributed by atoms with E-state index in [1.165, 1.54) is 0 Å². The first kappa shape index (κ1) is 20.4. The quantitative estimate of drug-likeness (QED) is 0.364. The number of nitrogens with zero attached hydrogens (tertiary/aromatic N) is 1. The zero-order valence-corrected chi connectivity index (χ0v) is 16.0. The van der Waals surface area contributed by atoms with Crippen LogP contribution in [0.4, 0.5) is 5.69 Å². The van der Waals surface area contributed by atoms with Crippen LogP contribution in [-0.4, -0.2) is 37.0 Å². The van der Waals surface area contributed by atoms with Crippen molar-refractivity contribution in [3.05, 3.63) is 29.8 Å². The molecule has 0 saturated heterocycles. The molecule has 0 aromatic heterocycles. The predicted molar refractivity (Wildman–Crippen MR) is 106 cm³/mol. The van der Waals surface area contributed by atoms with Crippen LogP contribution in [-0.2, 0) is 11.3 Å². The molecule has 1 atom stereocenters. The minimum Gasteiger partial charge on any atom is -0.357 e. The van der Waals surface area contributed by atoms with Crippen LogP contribution < -0.4 is 16.0 Å². The Morgan fingerprint density at radius 3 is 2.75 bits per heavy atom. The lowest BCUT2D eigenvalue weighted by molar-refractivity contribution is -0.119. The topological polar surface area (TPSA) is 65.5 Å². The Bertz CT molecular complexity index is 534. The molecule has 134 valence electrons. The van der Waals surface area contributed by atoms with Crippen molar-refractivity contribution in [1.82, 2.24) is 10.6 Å². The maximum Gasteiger partial charge on any atom is 0.227 e. The van der Waals surface area contributed by atoms with Gasteiger partial charge in [0.1, 0.15) is 0 Å². The number of guanidine groups is 1. The fourth-order valence-electron chi connectivity index (χ4n) is 1.98. The summed E-state index contributed by atoms with van der Waals surface area (Å²) in [5.41, 5.74) is 1.90. The average Bonchev–Trinajstić information content (AvgIpc) is 2.59. The molecule has 0 heterocycles. The van der Waals surface area contributed by atoms with E-state index in [0.29, 0.717) is 6.54 Å². The van der Waals surface area contributed by atoms with Crippen molar-refractivity contribution in [3.8, 4) is 0 Å². The van der Waals surface area contributed by atoms with Gasteiger partial charge in [0.15, 0.2) is 5.96 Å². The molecule has 0 aliphatic heterocycles. The van der Waals surface area contributed by atoms with Gasteiger partial charge >= 0.3 is 0 Å². The highest BCUT2D eigenvalue weighted by atomic mass is 32.2. The fourth-order valence-corrected chi connectivity index (χ4v) is 2.29. The molecule has 3 N–H and O–H groups in total. The Balaban J connectivity index is 2.67. The highest BCUT2D eigenvalue weighted by Crippen LogP contribution is 2.13. The normalized spacial score (nSPS) is 12.6. The van der Waals surface area contributed by atoms with E-state index in [4.69, 9.17) is 0 Å². The van der Waals surface area contributed by atoms with Crippen molar-refractivity contribution in [2.24, 2.45) is 10.9 Å². The molecule has 6 heteroatoms. The van der Waals surface area contributed by atoms with Crippen LogP contribution in [0.1, 0.15) is 32.8 Å². The summed E-state index contributed by atoms with van der Waals surface area (Å²) in [4.78, 5) is 16.6. The summed E-state index contributed by atoms with van der Waals surface area (Å²) < 4.78 is 0. The van der Waals surface area contributed by atoms with Gasteiger partial charge in [-0.2, -0.15) is 11.8 Å². The van der Waals surface area contributed by atoms with Gasteiger partial charge in [-0.1, -0.05) is 26.0 Å². The third kappa shape index (κ3) is 7.73. The molecular formula is C18H30N4OS. The van der Waals surface area contributed by atoms with Gasteiger partial charge in [0.25, 0.3) is 0 Å². The Morgan fingerprint density at radius 1 is 1.29 bits per heavy atom. The van der Waals surface area contributed by atoms with Crippen LogP contribution in [0.25, 0.3) is 0 Å². The summed E-state index contributed by atoms with van der Waals surface area (Å²) in [7, 11) is 0. The molecule has 0 aliphatic rings. The van der Waals surface area contributed by atoms with Crippen molar-refractivity contribution in [1.29, 1.82) is 0 Å². The van der Waals surface area contributed by atoms with Crippen molar-refractivity contribution < 1.29 is 4.79 Å². The van der Waals surface area contributed by atoms with E-state index in [0.717, 1.165) is 42.5 Å². The van der Waals surface area contributed by atoms with Gasteiger partial charge in [-0.25, -0.2) is 4.99 Å². The van der Waals surface area contributed by atoms with Crippen LogP contribution in [0.15, 0.2) is 29.3 Å². The number of thioether (sulfide) groups is 1. The summed E-state index contributed by atoms with van der Waals surface area (Å²) >= 11 is 1.80. The lowest BCUT2D eigenvalue weighted by atomic mass is 10.1. The van der Waals surface area contributed by atoms with E-state index in [9.17, 15) is 4.79 Å². The molecule has 0 aliphatic carbocycles. The molecule has 1 unspecified atom stereocenters. The number of amides is 1. The summed E-state index contributed by atoms with van der Waals surface area (Å²) in [5.74, 6) is 1.94. The van der Waals surface area contributed by atoms with Crippen molar-refractivity contribution >= 4 is 29.3 Å². The van der Waals surface area contributed by atoms with Gasteiger partial charge in [0.05, 0.1) is 6.54 Å². The van der Waals surface area contributed by atoms with E-state index in [2.05, 4.69) is 34.1 Å². The fraction of sp³-hybridized carbons (Fsp3) is 0.556. The van der Waals surface area contributed by atoms with E-state index < -0.39 is 0 Å². The minimum absolute atomic E-state index is 0.0210. The van der Waals surface area contributed by atoms with Crippen LogP contribution in [0, 0.1) is 5.92 Å². The Morgan fingerprint density at radius 2 is 2.08 bits per heavy atom. The molecule has 1 aromatic rings. The lowest BCUT2D eigenvalue weighted by Gasteiger charge is -2.12. The maximum atomic E-state index is 12.0. The smallest absolute Gasteiger partial charge is 0.227 e. The highest BCUT2D eigenvalue weighted by molar-refractivity contribution is 7.98. The third-order valence-corrected chi connectivity index (χ3v) is 4.23. The standard InChI is InChI=1S/C18H30N4OS/c1-5-14(3)17(23)22-16-9-7-8-15(12-16)13-21-18(19-6-2)20-10-11-24-4/h7-9,12,14H,5-6,10-11,13H2,1-4H3,(H,22,23)(H2,19,20,21). The first-order valence-corrected chi connectivity index (χ1v) is 9.91. The summed E-state index contributed by atoms with van der Waals surface area (Å²) in [6.45, 7) is 8.29. The van der Waals surface area contributed by atoms with Crippen LogP contribution >= 0.6 is 11.8 Å². The summed E-state index contributed by atoms with van der Waals surface area (Å²) in [6.07, 6.45) is 2.93. The van der Waals surface area contributed by atoms with Gasteiger partial charge < -0.3 is 16.0 Å². The monoisotopic (exact) mass is 350 g/mol. The largest absolute Gasteiger partial charge is 0.357 e. The Kier molecular flexibility index (Phi) is 10.00. The zero-order chi connectivity index (χ0) is 17.8. The van der Waals surface area contributed by atoms with Crippen LogP contribution in [0.2, 0.25) is 0 Å². The van der Waals surface area contributed by atoms with Gasteiger partial charge in [-0.05, 0) is 37.3 Å². The molecular weight excluding hydrogens is 320 g/mol. The van der Waals surface area contributed by atoms with Gasteiger partial charge in [-0.15, -0.1) is 0 Å². The number of hydrogen-bond acceptors (Lipinski definition) is 3. The van der Waals surface area contributed by atoms with Crippen LogP contribution in [0.3, 0.4) is 0 Å². The first-order chi connectivity index (χ1) is 11.6. The second-order valence-corrected chi connectivity index (χ2v) is 6.60. The summed E-state index contributed by atoms with van der Waals surface area (Å²) in [6, 6.07) is 7.86. The first-order valence-electron chi connectivity index (χ1n) is 8.51. The molecule has 1 amide bonds. The number of nitrogens with one attached hydrogen (secondary N) is 3.